The van der Waals surface area contributed by atoms with Crippen molar-refractivity contribution in [3.05, 3.63) is 101 Å². The lowest BCUT2D eigenvalue weighted by Crippen LogP contribution is -2.42. The van der Waals surface area contributed by atoms with E-state index in [0.29, 0.717) is 12.1 Å². The third-order valence-corrected chi connectivity index (χ3v) is 6.87. The number of phenolic OH excluding ortho intramolecular Hbond substituents is 2. The van der Waals surface area contributed by atoms with Gasteiger partial charge in [0.15, 0.2) is 0 Å². The highest BCUT2D eigenvalue weighted by Crippen LogP contribution is 2.35. The third kappa shape index (κ3) is 4.38. The molecule has 6 nitrogen and oxygen atoms in total. The minimum absolute atomic E-state index is 0.0738. The summed E-state index contributed by atoms with van der Waals surface area (Å²) in [5.74, 6) is -0.791. The molecule has 182 valence electrons. The van der Waals surface area contributed by atoms with E-state index < -0.39 is 0 Å². The van der Waals surface area contributed by atoms with Gasteiger partial charge in [0.25, 0.3) is 11.8 Å². The van der Waals surface area contributed by atoms with E-state index in [0.717, 1.165) is 41.1 Å². The molecule has 0 aliphatic carbocycles. The van der Waals surface area contributed by atoms with Gasteiger partial charge in [0.2, 0.25) is 0 Å². The van der Waals surface area contributed by atoms with Gasteiger partial charge in [-0.15, -0.1) is 0 Å². The summed E-state index contributed by atoms with van der Waals surface area (Å²) in [6, 6.07) is 23.7. The lowest BCUT2D eigenvalue weighted by Gasteiger charge is -2.36. The van der Waals surface area contributed by atoms with Crippen molar-refractivity contribution in [1.29, 1.82) is 0 Å². The minimum atomic E-state index is -0.339. The molecular formula is C30H28N2O4. The predicted octanol–water partition coefficient (Wildman–Crippen LogP) is 5.50. The zero-order valence-electron chi connectivity index (χ0n) is 20.3. The molecule has 5 rings (SSSR count). The normalized spacial score (nSPS) is 14.9. The minimum Gasteiger partial charge on any atom is -0.508 e. The number of aryl methyl sites for hydroxylation is 1. The van der Waals surface area contributed by atoms with Gasteiger partial charge >= 0.3 is 0 Å². The first-order chi connectivity index (χ1) is 17.3. The van der Waals surface area contributed by atoms with Crippen molar-refractivity contribution in [3.8, 4) is 11.5 Å². The van der Waals surface area contributed by atoms with Crippen LogP contribution in [0.1, 0.15) is 45.2 Å². The number of anilines is 1. The van der Waals surface area contributed by atoms with Gasteiger partial charge in [-0.1, -0.05) is 36.4 Å². The second kappa shape index (κ2) is 9.38. The Balaban J connectivity index is 1.38. The van der Waals surface area contributed by atoms with Crippen molar-refractivity contribution in [2.24, 2.45) is 0 Å². The Bertz CT molecular complexity index is 1480. The number of phenols is 2. The molecule has 4 aromatic rings. The fraction of sp³-hybridized carbons (Fsp3) is 0.200. The summed E-state index contributed by atoms with van der Waals surface area (Å²) in [6.45, 7) is 2.46. The summed E-state index contributed by atoms with van der Waals surface area (Å²) in [6.07, 6.45) is 1.49. The monoisotopic (exact) mass is 480 g/mol. The fourth-order valence-electron chi connectivity index (χ4n) is 4.93. The van der Waals surface area contributed by atoms with Crippen molar-refractivity contribution in [2.45, 2.75) is 32.4 Å². The van der Waals surface area contributed by atoms with E-state index in [4.69, 9.17) is 0 Å². The largest absolute Gasteiger partial charge is 0.508 e. The number of nitrogens with zero attached hydrogens (tertiary/aromatic N) is 2. The Morgan fingerprint density at radius 1 is 0.944 bits per heavy atom. The SMILES string of the molecule is C[C@H]1CCc2cc(C(=O)N(C)Cc3ccc4ccccc4c3)ccc2N1C(=O)c1ccc(O)cc1O. The first kappa shape index (κ1) is 23.4. The zero-order chi connectivity index (χ0) is 25.4. The Hall–Kier alpha value is -4.32. The number of rotatable bonds is 4. The van der Waals surface area contributed by atoms with Crippen LogP contribution in [0.5, 0.6) is 11.5 Å². The number of amides is 2. The molecule has 0 unspecified atom stereocenters. The highest BCUT2D eigenvalue weighted by Gasteiger charge is 2.31. The van der Waals surface area contributed by atoms with Gasteiger partial charge in [-0.25, -0.2) is 0 Å². The summed E-state index contributed by atoms with van der Waals surface area (Å²) in [5.41, 5.74) is 3.42. The molecule has 0 spiro atoms. The van der Waals surface area contributed by atoms with Crippen LogP contribution in [0.25, 0.3) is 10.8 Å². The number of aromatic hydroxyl groups is 2. The van der Waals surface area contributed by atoms with Crippen LogP contribution in [-0.4, -0.2) is 40.0 Å². The Morgan fingerprint density at radius 3 is 2.50 bits per heavy atom. The summed E-state index contributed by atoms with van der Waals surface area (Å²) in [5, 5.41) is 22.1. The molecule has 0 saturated carbocycles. The van der Waals surface area contributed by atoms with Gasteiger partial charge in [-0.05, 0) is 78.1 Å². The van der Waals surface area contributed by atoms with Crippen molar-refractivity contribution in [3.63, 3.8) is 0 Å². The number of benzene rings is 4. The van der Waals surface area contributed by atoms with Crippen LogP contribution in [0.15, 0.2) is 78.9 Å². The molecule has 0 fully saturated rings. The molecular weight excluding hydrogens is 452 g/mol. The lowest BCUT2D eigenvalue weighted by molar-refractivity contribution is 0.0785. The van der Waals surface area contributed by atoms with Crippen LogP contribution in [0.4, 0.5) is 5.69 Å². The van der Waals surface area contributed by atoms with Crippen molar-refractivity contribution in [2.75, 3.05) is 11.9 Å². The molecule has 1 atom stereocenters. The van der Waals surface area contributed by atoms with Crippen molar-refractivity contribution >= 4 is 28.3 Å². The highest BCUT2D eigenvalue weighted by atomic mass is 16.3. The van der Waals surface area contributed by atoms with Crippen LogP contribution in [-0.2, 0) is 13.0 Å². The van der Waals surface area contributed by atoms with E-state index in [2.05, 4.69) is 24.3 Å². The molecule has 0 bridgehead atoms. The van der Waals surface area contributed by atoms with E-state index in [1.807, 2.05) is 37.3 Å². The van der Waals surface area contributed by atoms with E-state index in [-0.39, 0.29) is 34.9 Å². The van der Waals surface area contributed by atoms with Gasteiger partial charge in [-0.3, -0.25) is 9.59 Å². The van der Waals surface area contributed by atoms with Crippen LogP contribution in [0.2, 0.25) is 0 Å². The first-order valence-corrected chi connectivity index (χ1v) is 12.0. The van der Waals surface area contributed by atoms with Crippen LogP contribution < -0.4 is 4.90 Å². The van der Waals surface area contributed by atoms with Crippen LogP contribution in [0.3, 0.4) is 0 Å². The second-order valence-electron chi connectivity index (χ2n) is 9.45. The first-order valence-electron chi connectivity index (χ1n) is 12.0. The maximum absolute atomic E-state index is 13.3. The molecule has 0 radical (unpaired) electrons. The van der Waals surface area contributed by atoms with Gasteiger partial charge in [0.1, 0.15) is 11.5 Å². The molecule has 4 aromatic carbocycles. The summed E-state index contributed by atoms with van der Waals surface area (Å²) in [4.78, 5) is 30.0. The van der Waals surface area contributed by atoms with Gasteiger partial charge in [0.05, 0.1) is 5.56 Å². The quantitative estimate of drug-likeness (QED) is 0.404. The number of carbonyl (C=O) groups excluding carboxylic acids is 2. The molecule has 0 saturated heterocycles. The molecule has 2 amide bonds. The highest BCUT2D eigenvalue weighted by molar-refractivity contribution is 6.09. The Kier molecular flexibility index (Phi) is 6.10. The standard InChI is InChI=1S/C30H28N2O4/c1-19-7-9-23-16-24(11-14-27(23)32(19)30(36)26-13-12-25(33)17-28(26)34)29(35)31(2)18-20-8-10-21-5-3-4-6-22(21)15-20/h3-6,8,10-17,19,33-34H,7,9,18H2,1-2H3/t19-/m0/s1. The molecule has 1 aliphatic rings. The molecule has 2 N–H and O–H groups in total. The lowest BCUT2D eigenvalue weighted by atomic mass is 9.93. The molecule has 6 heteroatoms. The van der Waals surface area contributed by atoms with E-state index in [1.165, 1.54) is 17.5 Å². The van der Waals surface area contributed by atoms with E-state index >= 15 is 0 Å². The molecule has 36 heavy (non-hydrogen) atoms. The Labute approximate surface area is 210 Å². The maximum Gasteiger partial charge on any atom is 0.262 e. The second-order valence-corrected chi connectivity index (χ2v) is 9.45. The summed E-state index contributed by atoms with van der Waals surface area (Å²) in [7, 11) is 1.79. The summed E-state index contributed by atoms with van der Waals surface area (Å²) < 4.78 is 0. The van der Waals surface area contributed by atoms with Gasteiger partial charge < -0.3 is 20.0 Å². The van der Waals surface area contributed by atoms with Crippen molar-refractivity contribution in [1.82, 2.24) is 4.90 Å². The van der Waals surface area contributed by atoms with Crippen LogP contribution >= 0.6 is 0 Å². The van der Waals surface area contributed by atoms with Crippen molar-refractivity contribution < 1.29 is 19.8 Å². The van der Waals surface area contributed by atoms with Crippen LogP contribution in [0, 0.1) is 0 Å². The number of hydrogen-bond donors (Lipinski definition) is 2. The smallest absolute Gasteiger partial charge is 0.262 e. The molecule has 1 heterocycles. The van der Waals surface area contributed by atoms with E-state index in [1.54, 1.807) is 22.9 Å². The molecule has 1 aliphatic heterocycles. The zero-order valence-corrected chi connectivity index (χ0v) is 20.3. The third-order valence-electron chi connectivity index (χ3n) is 6.87. The molecule has 0 aromatic heterocycles. The Morgan fingerprint density at radius 2 is 1.72 bits per heavy atom. The number of hydrogen-bond acceptors (Lipinski definition) is 4. The van der Waals surface area contributed by atoms with Gasteiger partial charge in [-0.2, -0.15) is 0 Å². The number of carbonyl (C=O) groups is 2. The summed E-state index contributed by atoms with van der Waals surface area (Å²) >= 11 is 0. The predicted molar refractivity (Wildman–Crippen MR) is 141 cm³/mol. The number of fused-ring (bicyclic) bond motifs is 2. The van der Waals surface area contributed by atoms with Gasteiger partial charge in [0, 0.05) is 37.0 Å². The fourth-order valence-corrected chi connectivity index (χ4v) is 4.93. The topological polar surface area (TPSA) is 81.1 Å². The maximum atomic E-state index is 13.3. The van der Waals surface area contributed by atoms with E-state index in [9.17, 15) is 19.8 Å². The average molecular weight is 481 g/mol. The average Bonchev–Trinajstić information content (AvgIpc) is 2.87.